The number of nitrogens with zero attached hydrogens (tertiary/aromatic N) is 1. The van der Waals surface area contributed by atoms with Gasteiger partial charge in [0.15, 0.2) is 0 Å². The SMILES string of the molecule is CC(C)[C@]12CC[C@](C)(O1)[C@H](OCc1ccccc1C(F)(F)F)C2=NO. The number of fused-ring (bicyclic) bond motifs is 2. The molecule has 2 fully saturated rings. The third-order valence-electron chi connectivity index (χ3n) is 5.41. The second-order valence-electron chi connectivity index (χ2n) is 7.29. The summed E-state index contributed by atoms with van der Waals surface area (Å²) < 4.78 is 51.4. The van der Waals surface area contributed by atoms with Crippen LogP contribution in [-0.4, -0.2) is 28.2 Å². The molecule has 2 aliphatic heterocycles. The maximum Gasteiger partial charge on any atom is 0.416 e. The zero-order chi connectivity index (χ0) is 18.5. The average Bonchev–Trinajstić information content (AvgIpc) is 3.02. The molecule has 3 rings (SSSR count). The molecule has 138 valence electrons. The number of hydrogen-bond donors (Lipinski definition) is 1. The fraction of sp³-hybridized carbons (Fsp3) is 0.611. The van der Waals surface area contributed by atoms with Crippen LogP contribution in [0.4, 0.5) is 13.2 Å². The number of ether oxygens (including phenoxy) is 2. The third-order valence-corrected chi connectivity index (χ3v) is 5.41. The molecule has 1 aromatic rings. The maximum absolute atomic E-state index is 13.1. The maximum atomic E-state index is 13.1. The molecular weight excluding hydrogens is 335 g/mol. The summed E-state index contributed by atoms with van der Waals surface area (Å²) in [6.45, 7) is 5.57. The summed E-state index contributed by atoms with van der Waals surface area (Å²) in [4.78, 5) is 0. The van der Waals surface area contributed by atoms with Crippen molar-refractivity contribution in [2.24, 2.45) is 11.1 Å². The van der Waals surface area contributed by atoms with Gasteiger partial charge in [-0.25, -0.2) is 0 Å². The van der Waals surface area contributed by atoms with Gasteiger partial charge in [0.05, 0.1) is 17.8 Å². The van der Waals surface area contributed by atoms with E-state index < -0.39 is 29.0 Å². The molecule has 25 heavy (non-hydrogen) atoms. The van der Waals surface area contributed by atoms with E-state index in [0.29, 0.717) is 18.6 Å². The first-order chi connectivity index (χ1) is 11.6. The number of rotatable bonds is 4. The van der Waals surface area contributed by atoms with Crippen molar-refractivity contribution in [3.8, 4) is 0 Å². The van der Waals surface area contributed by atoms with Crippen LogP contribution in [0.2, 0.25) is 0 Å². The monoisotopic (exact) mass is 357 g/mol. The minimum atomic E-state index is -4.44. The molecule has 0 aliphatic carbocycles. The van der Waals surface area contributed by atoms with E-state index >= 15 is 0 Å². The lowest BCUT2D eigenvalue weighted by molar-refractivity contribution is -0.139. The van der Waals surface area contributed by atoms with Crippen LogP contribution >= 0.6 is 0 Å². The minimum Gasteiger partial charge on any atom is -0.411 e. The number of halogens is 3. The summed E-state index contributed by atoms with van der Waals surface area (Å²) >= 11 is 0. The topological polar surface area (TPSA) is 51.0 Å². The predicted molar refractivity (Wildman–Crippen MR) is 85.5 cm³/mol. The van der Waals surface area contributed by atoms with E-state index in [1.807, 2.05) is 20.8 Å². The first-order valence-corrected chi connectivity index (χ1v) is 8.33. The zero-order valence-corrected chi connectivity index (χ0v) is 14.4. The summed E-state index contributed by atoms with van der Waals surface area (Å²) in [6, 6.07) is 5.33. The van der Waals surface area contributed by atoms with Gasteiger partial charge in [0, 0.05) is 0 Å². The highest BCUT2D eigenvalue weighted by Gasteiger charge is 2.65. The average molecular weight is 357 g/mol. The number of hydrogen-bond acceptors (Lipinski definition) is 4. The summed E-state index contributed by atoms with van der Waals surface area (Å²) in [5, 5.41) is 12.9. The van der Waals surface area contributed by atoms with E-state index in [2.05, 4.69) is 5.16 Å². The fourth-order valence-corrected chi connectivity index (χ4v) is 4.02. The standard InChI is InChI=1S/C18H22F3NO3/c1-11(2)17-9-8-16(3,25-17)15(14(17)22-23)24-10-12-6-4-5-7-13(12)18(19,20)21/h4-7,11,15,23H,8-10H2,1-3H3/t15-,16+,17+/m1/s1. The van der Waals surface area contributed by atoms with Crippen molar-refractivity contribution in [2.75, 3.05) is 0 Å². The lowest BCUT2D eigenvalue weighted by Gasteiger charge is -2.32. The van der Waals surface area contributed by atoms with Crippen molar-refractivity contribution in [3.63, 3.8) is 0 Å². The van der Waals surface area contributed by atoms with Crippen molar-refractivity contribution < 1.29 is 27.9 Å². The van der Waals surface area contributed by atoms with Crippen LogP contribution in [0.3, 0.4) is 0 Å². The predicted octanol–water partition coefficient (Wildman–Crippen LogP) is 4.40. The zero-order valence-electron chi connectivity index (χ0n) is 14.4. The Hall–Kier alpha value is -1.60. The molecule has 2 aliphatic rings. The highest BCUT2D eigenvalue weighted by Crippen LogP contribution is 2.53. The van der Waals surface area contributed by atoms with Crippen LogP contribution in [0.15, 0.2) is 29.4 Å². The Balaban J connectivity index is 1.85. The first kappa shape index (κ1) is 18.2. The van der Waals surface area contributed by atoms with E-state index in [9.17, 15) is 18.4 Å². The molecule has 3 atom stereocenters. The third kappa shape index (κ3) is 2.83. The quantitative estimate of drug-likeness (QED) is 0.642. The second kappa shape index (κ2) is 5.99. The van der Waals surface area contributed by atoms with Gasteiger partial charge in [0.2, 0.25) is 0 Å². The Bertz CT molecular complexity index is 688. The van der Waals surface area contributed by atoms with E-state index in [-0.39, 0.29) is 18.1 Å². The van der Waals surface area contributed by atoms with Crippen LogP contribution in [0.5, 0.6) is 0 Å². The largest absolute Gasteiger partial charge is 0.416 e. The molecule has 1 aromatic carbocycles. The molecule has 2 heterocycles. The molecule has 4 nitrogen and oxygen atoms in total. The van der Waals surface area contributed by atoms with Crippen LogP contribution in [0.25, 0.3) is 0 Å². The molecule has 7 heteroatoms. The fourth-order valence-electron chi connectivity index (χ4n) is 4.02. The summed E-state index contributed by atoms with van der Waals surface area (Å²) in [5.74, 6) is 0.0660. The van der Waals surface area contributed by atoms with E-state index in [4.69, 9.17) is 9.47 Å². The lowest BCUT2D eigenvalue weighted by atomic mass is 9.74. The van der Waals surface area contributed by atoms with Gasteiger partial charge < -0.3 is 14.7 Å². The lowest BCUT2D eigenvalue weighted by Crippen LogP contribution is -2.48. The number of benzene rings is 1. The van der Waals surface area contributed by atoms with Gasteiger partial charge in [-0.2, -0.15) is 13.2 Å². The van der Waals surface area contributed by atoms with Crippen LogP contribution in [0, 0.1) is 5.92 Å². The Morgan fingerprint density at radius 3 is 2.60 bits per heavy atom. The molecule has 0 aromatic heterocycles. The van der Waals surface area contributed by atoms with Crippen molar-refractivity contribution in [1.82, 2.24) is 0 Å². The molecule has 0 unspecified atom stereocenters. The van der Waals surface area contributed by atoms with Gasteiger partial charge in [0.1, 0.15) is 17.4 Å². The molecule has 0 radical (unpaired) electrons. The summed E-state index contributed by atoms with van der Waals surface area (Å²) in [7, 11) is 0. The summed E-state index contributed by atoms with van der Waals surface area (Å²) in [6.07, 6.45) is -3.70. The Labute approximate surface area is 144 Å². The first-order valence-electron chi connectivity index (χ1n) is 8.33. The van der Waals surface area contributed by atoms with Gasteiger partial charge in [-0.1, -0.05) is 37.2 Å². The smallest absolute Gasteiger partial charge is 0.411 e. The molecule has 0 saturated carbocycles. The van der Waals surface area contributed by atoms with Gasteiger partial charge >= 0.3 is 6.18 Å². The van der Waals surface area contributed by atoms with Gasteiger partial charge in [-0.05, 0) is 37.3 Å². The summed E-state index contributed by atoms with van der Waals surface area (Å²) in [5.41, 5.74) is -1.69. The molecular formula is C18H22F3NO3. The molecule has 2 saturated heterocycles. The van der Waals surface area contributed by atoms with E-state index in [1.54, 1.807) is 6.07 Å². The van der Waals surface area contributed by atoms with Crippen molar-refractivity contribution in [1.29, 1.82) is 0 Å². The van der Waals surface area contributed by atoms with Crippen LogP contribution < -0.4 is 0 Å². The van der Waals surface area contributed by atoms with E-state index in [1.165, 1.54) is 12.1 Å². The van der Waals surface area contributed by atoms with Gasteiger partial charge in [-0.15, -0.1) is 0 Å². The molecule has 0 spiro atoms. The normalized spacial score (nSPS) is 33.6. The Morgan fingerprint density at radius 1 is 1.32 bits per heavy atom. The van der Waals surface area contributed by atoms with Gasteiger partial charge in [0.25, 0.3) is 0 Å². The molecule has 0 amide bonds. The number of oxime groups is 1. The minimum absolute atomic E-state index is 0.0530. The second-order valence-corrected chi connectivity index (χ2v) is 7.29. The Kier molecular flexibility index (Phi) is 4.36. The Morgan fingerprint density at radius 2 is 2.00 bits per heavy atom. The van der Waals surface area contributed by atoms with E-state index in [0.717, 1.165) is 6.07 Å². The van der Waals surface area contributed by atoms with Crippen LogP contribution in [0.1, 0.15) is 44.7 Å². The highest BCUT2D eigenvalue weighted by atomic mass is 19.4. The molecule has 1 N–H and O–H groups in total. The van der Waals surface area contributed by atoms with Crippen molar-refractivity contribution in [2.45, 2.75) is 63.7 Å². The van der Waals surface area contributed by atoms with Crippen molar-refractivity contribution in [3.05, 3.63) is 35.4 Å². The number of alkyl halides is 3. The van der Waals surface area contributed by atoms with Gasteiger partial charge in [-0.3, -0.25) is 0 Å². The van der Waals surface area contributed by atoms with Crippen molar-refractivity contribution >= 4 is 5.71 Å². The highest BCUT2D eigenvalue weighted by molar-refractivity contribution is 6.00. The molecule has 2 bridgehead atoms. The van der Waals surface area contributed by atoms with Crippen LogP contribution in [-0.2, 0) is 22.3 Å².